The molecule has 0 aromatic carbocycles. The van der Waals surface area contributed by atoms with Crippen LogP contribution in [0.25, 0.3) is 0 Å². The van der Waals surface area contributed by atoms with Crippen LogP contribution >= 0.6 is 0 Å². The van der Waals surface area contributed by atoms with Crippen molar-refractivity contribution >= 4 is 29.8 Å². The van der Waals surface area contributed by atoms with E-state index in [4.69, 9.17) is 61.0 Å². The summed E-state index contributed by atoms with van der Waals surface area (Å²) in [6, 6.07) is 0. The third-order valence-corrected chi connectivity index (χ3v) is 2.62. The molecular formula is C22H49N3O10. The SMILES string of the molecule is CC(=O)O.CC(=O)O.CC(=O)O.CC(=O)O.CC(=O)O.NCCCCCCNCCCCCCN. The number of carboxylic acid groups (broad SMARTS) is 5. The molecule has 0 spiro atoms. The second-order valence-electron chi connectivity index (χ2n) is 6.75. The third-order valence-electron chi connectivity index (χ3n) is 2.62. The molecule has 0 aliphatic carbocycles. The largest absolute Gasteiger partial charge is 0.481 e. The smallest absolute Gasteiger partial charge is 0.300 e. The molecule has 0 bridgehead atoms. The Kier molecular flexibility index (Phi) is 58.5. The van der Waals surface area contributed by atoms with Crippen molar-refractivity contribution in [1.82, 2.24) is 5.32 Å². The van der Waals surface area contributed by atoms with Gasteiger partial charge in [-0.2, -0.15) is 0 Å². The second kappa shape index (κ2) is 44.8. The zero-order valence-corrected chi connectivity index (χ0v) is 21.9. The van der Waals surface area contributed by atoms with Crippen molar-refractivity contribution in [2.24, 2.45) is 11.5 Å². The fraction of sp³-hybridized carbons (Fsp3) is 0.773. The first-order valence-corrected chi connectivity index (χ1v) is 11.2. The van der Waals surface area contributed by atoms with Crippen molar-refractivity contribution in [3.63, 3.8) is 0 Å². The van der Waals surface area contributed by atoms with Gasteiger partial charge < -0.3 is 42.3 Å². The van der Waals surface area contributed by atoms with Crippen molar-refractivity contribution in [1.29, 1.82) is 0 Å². The van der Waals surface area contributed by atoms with Crippen molar-refractivity contribution < 1.29 is 49.5 Å². The first-order chi connectivity index (χ1) is 16.1. The Morgan fingerprint density at radius 3 is 0.800 bits per heavy atom. The second-order valence-corrected chi connectivity index (χ2v) is 6.75. The Labute approximate surface area is 208 Å². The van der Waals surface area contributed by atoms with Crippen molar-refractivity contribution in [2.45, 2.75) is 86.0 Å². The fourth-order valence-corrected chi connectivity index (χ4v) is 1.62. The van der Waals surface area contributed by atoms with Gasteiger partial charge in [-0.15, -0.1) is 0 Å². The maximum Gasteiger partial charge on any atom is 0.300 e. The molecule has 13 heteroatoms. The summed E-state index contributed by atoms with van der Waals surface area (Å²) in [6.45, 7) is 9.44. The summed E-state index contributed by atoms with van der Waals surface area (Å²) >= 11 is 0. The van der Waals surface area contributed by atoms with Gasteiger partial charge in [-0.3, -0.25) is 24.0 Å². The van der Waals surface area contributed by atoms with E-state index < -0.39 is 29.8 Å². The molecule has 35 heavy (non-hydrogen) atoms. The van der Waals surface area contributed by atoms with Crippen LogP contribution in [0.4, 0.5) is 0 Å². The van der Waals surface area contributed by atoms with E-state index in [2.05, 4.69) is 5.32 Å². The lowest BCUT2D eigenvalue weighted by Gasteiger charge is -2.04. The number of nitrogens with two attached hydrogens (primary N) is 2. The van der Waals surface area contributed by atoms with E-state index in [0.717, 1.165) is 47.7 Å². The van der Waals surface area contributed by atoms with Crippen LogP contribution in [0.5, 0.6) is 0 Å². The van der Waals surface area contributed by atoms with E-state index in [-0.39, 0.29) is 0 Å². The molecule has 0 aromatic heterocycles. The van der Waals surface area contributed by atoms with E-state index in [1.807, 2.05) is 0 Å². The molecule has 0 fully saturated rings. The number of carbonyl (C=O) groups is 5. The van der Waals surface area contributed by atoms with E-state index in [9.17, 15) is 0 Å². The Balaban J connectivity index is -0.0000000858. The highest BCUT2D eigenvalue weighted by Crippen LogP contribution is 1.98. The lowest BCUT2D eigenvalue weighted by atomic mass is 10.2. The molecule has 0 unspecified atom stereocenters. The van der Waals surface area contributed by atoms with Gasteiger partial charge in [0.2, 0.25) is 0 Å². The number of unbranched alkanes of at least 4 members (excludes halogenated alkanes) is 6. The maximum atomic E-state index is 9.00. The number of aliphatic carboxylic acids is 5. The zero-order valence-electron chi connectivity index (χ0n) is 21.9. The Morgan fingerprint density at radius 2 is 0.629 bits per heavy atom. The molecule has 0 aromatic rings. The van der Waals surface area contributed by atoms with Crippen LogP contribution in [-0.4, -0.2) is 81.6 Å². The van der Waals surface area contributed by atoms with Crippen LogP contribution < -0.4 is 16.8 Å². The Morgan fingerprint density at radius 1 is 0.457 bits per heavy atom. The molecule has 0 aliphatic heterocycles. The molecule has 0 saturated carbocycles. The molecule has 0 radical (unpaired) electrons. The Bertz CT molecular complexity index is 388. The molecular weight excluding hydrogens is 466 g/mol. The Hall–Kier alpha value is -2.77. The van der Waals surface area contributed by atoms with E-state index >= 15 is 0 Å². The minimum absolute atomic E-state index is 0.833. The van der Waals surface area contributed by atoms with Gasteiger partial charge in [0.05, 0.1) is 0 Å². The quantitative estimate of drug-likeness (QED) is 0.173. The summed E-state index contributed by atoms with van der Waals surface area (Å²) in [5.41, 5.74) is 10.8. The first-order valence-electron chi connectivity index (χ1n) is 11.2. The van der Waals surface area contributed by atoms with Gasteiger partial charge in [0, 0.05) is 34.6 Å². The molecule has 0 aliphatic rings. The summed E-state index contributed by atoms with van der Waals surface area (Å²) in [5, 5.41) is 40.6. The summed E-state index contributed by atoms with van der Waals surface area (Å²) in [7, 11) is 0. The van der Waals surface area contributed by atoms with Gasteiger partial charge in [0.15, 0.2) is 0 Å². The normalized spacial score (nSPS) is 8.20. The van der Waals surface area contributed by atoms with Crippen LogP contribution in [0.1, 0.15) is 86.0 Å². The standard InChI is InChI=1S/C12H29N3.5C2H4O2/c13-9-5-1-3-7-11-15-12-8-4-2-6-10-14;5*1-2(3)4/h15H,1-14H2;5*1H3,(H,3,4). The summed E-state index contributed by atoms with van der Waals surface area (Å²) in [5.74, 6) is -4.17. The molecule has 0 heterocycles. The minimum Gasteiger partial charge on any atom is -0.481 e. The number of hydrogen-bond donors (Lipinski definition) is 8. The van der Waals surface area contributed by atoms with Gasteiger partial charge in [-0.25, -0.2) is 0 Å². The summed E-state index contributed by atoms with van der Waals surface area (Å²) in [4.78, 5) is 45.0. The molecule has 0 saturated heterocycles. The zero-order chi connectivity index (χ0) is 29.1. The van der Waals surface area contributed by atoms with E-state index in [1.165, 1.54) is 64.5 Å². The topological polar surface area (TPSA) is 251 Å². The number of carboxylic acids is 5. The summed E-state index contributed by atoms with van der Waals surface area (Å²) in [6.07, 6.45) is 10.2. The van der Waals surface area contributed by atoms with Gasteiger partial charge in [0.1, 0.15) is 0 Å². The highest BCUT2D eigenvalue weighted by Gasteiger charge is 1.91. The van der Waals surface area contributed by atoms with Gasteiger partial charge in [0.25, 0.3) is 29.8 Å². The molecule has 0 atom stereocenters. The number of hydrogen-bond acceptors (Lipinski definition) is 8. The van der Waals surface area contributed by atoms with Gasteiger partial charge >= 0.3 is 0 Å². The predicted octanol–water partition coefficient (Wildman–Crippen LogP) is 2.07. The van der Waals surface area contributed by atoms with Crippen LogP contribution in [0.2, 0.25) is 0 Å². The molecule has 0 rings (SSSR count). The minimum atomic E-state index is -0.833. The molecule has 212 valence electrons. The van der Waals surface area contributed by atoms with Crippen LogP contribution in [0, 0.1) is 0 Å². The van der Waals surface area contributed by atoms with Crippen molar-refractivity contribution in [3.8, 4) is 0 Å². The molecule has 13 nitrogen and oxygen atoms in total. The lowest BCUT2D eigenvalue weighted by Crippen LogP contribution is -2.16. The van der Waals surface area contributed by atoms with E-state index in [1.54, 1.807) is 0 Å². The number of nitrogens with one attached hydrogen (secondary N) is 1. The van der Waals surface area contributed by atoms with Gasteiger partial charge in [-0.1, -0.05) is 25.7 Å². The third kappa shape index (κ3) is 313. The fourth-order valence-electron chi connectivity index (χ4n) is 1.62. The molecule has 0 amide bonds. The average molecular weight is 516 g/mol. The van der Waals surface area contributed by atoms with E-state index in [0.29, 0.717) is 0 Å². The first kappa shape index (κ1) is 45.7. The predicted molar refractivity (Wildman–Crippen MR) is 134 cm³/mol. The number of rotatable bonds is 12. The monoisotopic (exact) mass is 515 g/mol. The average Bonchev–Trinajstić information content (AvgIpc) is 2.64. The van der Waals surface area contributed by atoms with Crippen LogP contribution in [0.15, 0.2) is 0 Å². The lowest BCUT2D eigenvalue weighted by molar-refractivity contribution is -0.135. The van der Waals surface area contributed by atoms with Crippen molar-refractivity contribution in [2.75, 3.05) is 26.2 Å². The highest BCUT2D eigenvalue weighted by molar-refractivity contribution is 5.63. The van der Waals surface area contributed by atoms with Crippen molar-refractivity contribution in [3.05, 3.63) is 0 Å². The maximum absolute atomic E-state index is 9.00. The molecule has 10 N–H and O–H groups in total. The van der Waals surface area contributed by atoms with Crippen LogP contribution in [0.3, 0.4) is 0 Å². The van der Waals surface area contributed by atoms with Gasteiger partial charge in [-0.05, 0) is 51.9 Å². The highest BCUT2D eigenvalue weighted by atomic mass is 16.4. The summed E-state index contributed by atoms with van der Waals surface area (Å²) < 4.78 is 0. The van der Waals surface area contributed by atoms with Crippen LogP contribution in [-0.2, 0) is 24.0 Å².